The number of nitrogens with zero attached hydrogens (tertiary/aromatic N) is 2. The van der Waals surface area contributed by atoms with E-state index in [0.29, 0.717) is 17.9 Å². The van der Waals surface area contributed by atoms with Crippen LogP contribution in [-0.2, 0) is 4.74 Å². The molecule has 2 aromatic carbocycles. The van der Waals surface area contributed by atoms with E-state index in [1.165, 1.54) is 0 Å². The first-order valence-corrected chi connectivity index (χ1v) is 8.66. The molecule has 0 radical (unpaired) electrons. The number of unbranched alkanes of at least 4 members (excludes halogenated alkanes) is 1. The minimum absolute atomic E-state index is 0.297. The van der Waals surface area contributed by atoms with Gasteiger partial charge in [0.2, 0.25) is 0 Å². The van der Waals surface area contributed by atoms with E-state index in [1.54, 1.807) is 18.2 Å². The van der Waals surface area contributed by atoms with Gasteiger partial charge in [-0.2, -0.15) is 0 Å². The first-order chi connectivity index (χ1) is 11.6. The SMILES string of the molecule is CCCCOC(=O)c1ccc(C2N=c3ccc(N)c(Br)c3=N2)cc1. The Hall–Kier alpha value is -2.21. The molecule has 1 aliphatic heterocycles. The second kappa shape index (κ2) is 7.13. The molecule has 1 unspecified atom stereocenters. The van der Waals surface area contributed by atoms with Crippen molar-refractivity contribution in [2.75, 3.05) is 12.3 Å². The average Bonchev–Trinajstić information content (AvgIpc) is 3.03. The Balaban J connectivity index is 1.79. The first-order valence-electron chi connectivity index (χ1n) is 7.87. The summed E-state index contributed by atoms with van der Waals surface area (Å²) in [6, 6.07) is 10.9. The molecule has 6 heteroatoms. The summed E-state index contributed by atoms with van der Waals surface area (Å²) < 4.78 is 5.97. The number of ether oxygens (including phenoxy) is 1. The monoisotopic (exact) mass is 387 g/mol. The summed E-state index contributed by atoms with van der Waals surface area (Å²) in [6.45, 7) is 2.51. The molecule has 2 aromatic rings. The van der Waals surface area contributed by atoms with Crippen molar-refractivity contribution in [3.8, 4) is 0 Å². The number of benzene rings is 2. The highest BCUT2D eigenvalue weighted by atomic mass is 79.9. The molecule has 3 rings (SSSR count). The molecular weight excluding hydrogens is 370 g/mol. The van der Waals surface area contributed by atoms with E-state index >= 15 is 0 Å². The quantitative estimate of drug-likeness (QED) is 0.486. The van der Waals surface area contributed by atoms with Gasteiger partial charge in [0.1, 0.15) is 5.36 Å². The Bertz CT molecular complexity index is 878. The van der Waals surface area contributed by atoms with E-state index in [0.717, 1.165) is 33.6 Å². The van der Waals surface area contributed by atoms with E-state index in [4.69, 9.17) is 10.5 Å². The number of esters is 1. The van der Waals surface area contributed by atoms with Gasteiger partial charge in [-0.3, -0.25) is 9.98 Å². The Kier molecular flexibility index (Phi) is 4.94. The molecule has 0 aromatic heterocycles. The number of nitrogen functional groups attached to an aromatic ring is 1. The third-order valence-electron chi connectivity index (χ3n) is 3.81. The number of halogens is 1. The van der Waals surface area contributed by atoms with Crippen LogP contribution in [0.3, 0.4) is 0 Å². The zero-order chi connectivity index (χ0) is 17.1. The smallest absolute Gasteiger partial charge is 0.338 e. The predicted octanol–water partition coefficient (Wildman–Crippen LogP) is 2.94. The van der Waals surface area contributed by atoms with Crippen molar-refractivity contribution in [2.24, 2.45) is 9.98 Å². The van der Waals surface area contributed by atoms with Crippen molar-refractivity contribution in [1.29, 1.82) is 0 Å². The van der Waals surface area contributed by atoms with Gasteiger partial charge in [0.25, 0.3) is 0 Å². The zero-order valence-electron chi connectivity index (χ0n) is 13.3. The maximum Gasteiger partial charge on any atom is 0.338 e. The molecule has 0 saturated heterocycles. The van der Waals surface area contributed by atoms with Crippen LogP contribution in [0.5, 0.6) is 0 Å². The molecule has 5 nitrogen and oxygen atoms in total. The van der Waals surface area contributed by atoms with Gasteiger partial charge in [-0.1, -0.05) is 25.5 Å². The maximum absolute atomic E-state index is 11.9. The number of fused-ring (bicyclic) bond motifs is 1. The predicted molar refractivity (Wildman–Crippen MR) is 95.2 cm³/mol. The molecule has 124 valence electrons. The Labute approximate surface area is 148 Å². The highest BCUT2D eigenvalue weighted by Crippen LogP contribution is 2.22. The van der Waals surface area contributed by atoms with Crippen molar-refractivity contribution in [1.82, 2.24) is 0 Å². The first kappa shape index (κ1) is 16.6. The summed E-state index contributed by atoms with van der Waals surface area (Å²) in [7, 11) is 0. The molecule has 24 heavy (non-hydrogen) atoms. The molecule has 0 fully saturated rings. The number of hydrogen-bond acceptors (Lipinski definition) is 5. The number of carbonyl (C=O) groups is 1. The van der Waals surface area contributed by atoms with Crippen LogP contribution in [0, 0.1) is 0 Å². The summed E-state index contributed by atoms with van der Waals surface area (Å²) in [5, 5.41) is 1.58. The van der Waals surface area contributed by atoms with Gasteiger partial charge in [-0.15, -0.1) is 0 Å². The van der Waals surface area contributed by atoms with Gasteiger partial charge in [0.15, 0.2) is 6.17 Å². The lowest BCUT2D eigenvalue weighted by Crippen LogP contribution is -2.23. The summed E-state index contributed by atoms with van der Waals surface area (Å²) in [5.74, 6) is -0.297. The lowest BCUT2D eigenvalue weighted by Gasteiger charge is -2.07. The van der Waals surface area contributed by atoms with Gasteiger partial charge >= 0.3 is 5.97 Å². The van der Waals surface area contributed by atoms with Gasteiger partial charge in [0, 0.05) is 5.69 Å². The molecule has 1 atom stereocenters. The Morgan fingerprint density at radius 3 is 2.67 bits per heavy atom. The van der Waals surface area contributed by atoms with Crippen molar-refractivity contribution in [3.63, 3.8) is 0 Å². The van der Waals surface area contributed by atoms with E-state index in [2.05, 4.69) is 32.8 Å². The van der Waals surface area contributed by atoms with Crippen LogP contribution in [0.15, 0.2) is 50.9 Å². The van der Waals surface area contributed by atoms with Crippen LogP contribution in [0.25, 0.3) is 0 Å². The van der Waals surface area contributed by atoms with Crippen LogP contribution in [-0.4, -0.2) is 12.6 Å². The minimum atomic E-state index is -0.316. The van der Waals surface area contributed by atoms with Crippen LogP contribution < -0.4 is 16.4 Å². The molecule has 1 aliphatic rings. The van der Waals surface area contributed by atoms with Gasteiger partial charge in [-0.25, -0.2) is 4.79 Å². The minimum Gasteiger partial charge on any atom is -0.462 e. The van der Waals surface area contributed by atoms with Crippen molar-refractivity contribution in [3.05, 3.63) is 62.7 Å². The molecule has 0 amide bonds. The van der Waals surface area contributed by atoms with Gasteiger partial charge in [-0.05, 0) is 52.2 Å². The molecule has 2 N–H and O–H groups in total. The third-order valence-corrected chi connectivity index (χ3v) is 4.65. The molecule has 1 heterocycles. The molecule has 0 bridgehead atoms. The summed E-state index contributed by atoms with van der Waals surface area (Å²) in [5.41, 5.74) is 7.97. The van der Waals surface area contributed by atoms with Crippen LogP contribution >= 0.6 is 15.9 Å². The number of anilines is 1. The molecule has 0 aliphatic carbocycles. The standard InChI is InChI=1S/C18H18BrN3O2/c1-2-3-10-24-18(23)12-6-4-11(5-7-12)17-21-14-9-8-13(20)15(19)16(14)22-17/h4-9,17H,2-3,10,20H2,1H3. The largest absolute Gasteiger partial charge is 0.462 e. The average molecular weight is 388 g/mol. The lowest BCUT2D eigenvalue weighted by atomic mass is 10.1. The summed E-state index contributed by atoms with van der Waals surface area (Å²) >= 11 is 3.45. The lowest BCUT2D eigenvalue weighted by molar-refractivity contribution is 0.0499. The van der Waals surface area contributed by atoms with E-state index in [1.807, 2.05) is 18.2 Å². The van der Waals surface area contributed by atoms with Gasteiger partial charge in [0.05, 0.1) is 22.0 Å². The summed E-state index contributed by atoms with van der Waals surface area (Å²) in [6.07, 6.45) is 1.56. The summed E-state index contributed by atoms with van der Waals surface area (Å²) in [4.78, 5) is 21.1. The van der Waals surface area contributed by atoms with Crippen molar-refractivity contribution in [2.45, 2.75) is 25.9 Å². The van der Waals surface area contributed by atoms with E-state index in [9.17, 15) is 4.79 Å². The fourth-order valence-corrected chi connectivity index (χ4v) is 2.85. The third kappa shape index (κ3) is 3.33. The maximum atomic E-state index is 11.9. The highest BCUT2D eigenvalue weighted by molar-refractivity contribution is 9.10. The van der Waals surface area contributed by atoms with E-state index < -0.39 is 0 Å². The molecule has 0 spiro atoms. The molecule has 0 saturated carbocycles. The van der Waals surface area contributed by atoms with E-state index in [-0.39, 0.29) is 12.1 Å². The number of carbonyl (C=O) groups excluding carboxylic acids is 1. The Morgan fingerprint density at radius 1 is 1.21 bits per heavy atom. The number of nitrogens with two attached hydrogens (primary N) is 1. The number of rotatable bonds is 5. The Morgan fingerprint density at radius 2 is 1.96 bits per heavy atom. The van der Waals surface area contributed by atoms with Crippen LogP contribution in [0.1, 0.15) is 41.9 Å². The normalized spacial score (nSPS) is 15.3. The van der Waals surface area contributed by atoms with Crippen molar-refractivity contribution >= 4 is 27.6 Å². The topological polar surface area (TPSA) is 77.0 Å². The molecular formula is C18H18BrN3O2. The van der Waals surface area contributed by atoms with Crippen LogP contribution in [0.2, 0.25) is 0 Å². The zero-order valence-corrected chi connectivity index (χ0v) is 14.9. The van der Waals surface area contributed by atoms with Gasteiger partial charge < -0.3 is 10.5 Å². The fourth-order valence-electron chi connectivity index (χ4n) is 2.41. The highest BCUT2D eigenvalue weighted by Gasteiger charge is 2.16. The fraction of sp³-hybridized carbons (Fsp3) is 0.278. The van der Waals surface area contributed by atoms with Crippen molar-refractivity contribution < 1.29 is 9.53 Å². The number of hydrogen-bond donors (Lipinski definition) is 1. The second-order valence-electron chi connectivity index (χ2n) is 5.58. The second-order valence-corrected chi connectivity index (χ2v) is 6.37. The van der Waals surface area contributed by atoms with Crippen LogP contribution in [0.4, 0.5) is 5.69 Å².